The lowest BCUT2D eigenvalue weighted by molar-refractivity contribution is 0.132. The van der Waals surface area contributed by atoms with Gasteiger partial charge in [-0.2, -0.15) is 5.26 Å². The molecule has 2 aromatic heterocycles. The van der Waals surface area contributed by atoms with Gasteiger partial charge >= 0.3 is 0 Å². The molecule has 2 aliphatic heterocycles. The van der Waals surface area contributed by atoms with Crippen LogP contribution in [0.4, 0.5) is 5.82 Å². The van der Waals surface area contributed by atoms with Gasteiger partial charge in [0.25, 0.3) is 0 Å². The van der Waals surface area contributed by atoms with Crippen molar-refractivity contribution in [2.24, 2.45) is 0 Å². The van der Waals surface area contributed by atoms with Crippen LogP contribution in [-0.4, -0.2) is 91.8 Å². The van der Waals surface area contributed by atoms with E-state index < -0.39 is 10.0 Å². The lowest BCUT2D eigenvalue weighted by atomic mass is 9.87. The number of pyridine rings is 1. The van der Waals surface area contributed by atoms with Crippen LogP contribution in [0.1, 0.15) is 37.3 Å². The van der Waals surface area contributed by atoms with Crippen LogP contribution in [0.2, 0.25) is 0 Å². The second-order valence-electron chi connectivity index (χ2n) is 9.63. The van der Waals surface area contributed by atoms with Gasteiger partial charge < -0.3 is 14.8 Å². The predicted molar refractivity (Wildman–Crippen MR) is 129 cm³/mol. The minimum absolute atomic E-state index is 0.393. The maximum atomic E-state index is 11.8. The number of sulfonamides is 1. The molecule has 0 bridgehead atoms. The fourth-order valence-electron chi connectivity index (χ4n) is 5.56. The summed E-state index contributed by atoms with van der Waals surface area (Å²) in [5.41, 5.74) is 1.61. The molecule has 4 heterocycles. The van der Waals surface area contributed by atoms with Crippen LogP contribution in [0.3, 0.4) is 0 Å². The maximum Gasteiger partial charge on any atom is 0.211 e. The van der Waals surface area contributed by atoms with Gasteiger partial charge in [-0.3, -0.25) is 4.90 Å². The van der Waals surface area contributed by atoms with Crippen molar-refractivity contribution in [1.29, 1.82) is 5.26 Å². The van der Waals surface area contributed by atoms with Crippen LogP contribution in [0.15, 0.2) is 18.3 Å². The Morgan fingerprint density at radius 3 is 2.36 bits per heavy atom. The average molecular weight is 472 g/mol. The molecule has 0 spiro atoms. The zero-order chi connectivity index (χ0) is 23.2. The first-order valence-electron chi connectivity index (χ1n) is 11.9. The SMILES string of the molecule is CN[C@H]1C[C@H](n2cc(C#N)c3ccc(N4CCN(C5CCN(S(C)(=O)=O)CC5)CC4)nc32)C1. The topological polar surface area (TPSA) is 97.5 Å². The largest absolute Gasteiger partial charge is 0.354 e. The van der Waals surface area contributed by atoms with Gasteiger partial charge in [0.1, 0.15) is 17.5 Å². The van der Waals surface area contributed by atoms with Gasteiger partial charge in [-0.05, 0) is 44.9 Å². The van der Waals surface area contributed by atoms with Gasteiger partial charge in [-0.1, -0.05) is 0 Å². The van der Waals surface area contributed by atoms with Gasteiger partial charge in [-0.15, -0.1) is 0 Å². The molecule has 3 fully saturated rings. The molecule has 0 atom stereocenters. The van der Waals surface area contributed by atoms with Crippen molar-refractivity contribution in [3.8, 4) is 6.07 Å². The number of fused-ring (bicyclic) bond motifs is 1. The number of nitrogens with zero attached hydrogens (tertiary/aromatic N) is 6. The molecule has 2 aromatic rings. The number of aromatic nitrogens is 2. The quantitative estimate of drug-likeness (QED) is 0.704. The lowest BCUT2D eigenvalue weighted by Gasteiger charge is -2.42. The summed E-state index contributed by atoms with van der Waals surface area (Å²) in [5, 5.41) is 13.9. The summed E-state index contributed by atoms with van der Waals surface area (Å²) >= 11 is 0. The van der Waals surface area contributed by atoms with Crippen molar-refractivity contribution in [3.63, 3.8) is 0 Å². The Morgan fingerprint density at radius 1 is 1.06 bits per heavy atom. The van der Waals surface area contributed by atoms with Gasteiger partial charge in [0.2, 0.25) is 10.0 Å². The van der Waals surface area contributed by atoms with E-state index in [1.165, 1.54) is 6.26 Å². The molecule has 2 saturated heterocycles. The van der Waals surface area contributed by atoms with E-state index >= 15 is 0 Å². The Kier molecular flexibility index (Phi) is 6.07. The molecule has 1 saturated carbocycles. The van der Waals surface area contributed by atoms with Crippen LogP contribution < -0.4 is 10.2 Å². The molecular formula is C23H33N7O2S. The highest BCUT2D eigenvalue weighted by Crippen LogP contribution is 2.36. The van der Waals surface area contributed by atoms with Gasteiger partial charge in [0.05, 0.1) is 11.8 Å². The molecule has 5 rings (SSSR count). The summed E-state index contributed by atoms with van der Waals surface area (Å²) in [6.07, 6.45) is 7.20. The second kappa shape index (κ2) is 8.87. The number of piperazine rings is 1. The van der Waals surface area contributed by atoms with Gasteiger partial charge in [0, 0.05) is 69.0 Å². The van der Waals surface area contributed by atoms with Crippen LogP contribution in [0.25, 0.3) is 11.0 Å². The lowest BCUT2D eigenvalue weighted by Crippen LogP contribution is -2.53. The van der Waals surface area contributed by atoms with Gasteiger partial charge in [0.15, 0.2) is 0 Å². The number of anilines is 1. The van der Waals surface area contributed by atoms with Crippen molar-refractivity contribution < 1.29 is 8.42 Å². The third kappa shape index (κ3) is 4.35. The molecule has 0 unspecified atom stereocenters. The van der Waals surface area contributed by atoms with E-state index in [0.29, 0.717) is 36.8 Å². The number of nitrogens with one attached hydrogen (secondary N) is 1. The average Bonchev–Trinajstić information content (AvgIpc) is 3.16. The Morgan fingerprint density at radius 2 is 1.76 bits per heavy atom. The second-order valence-corrected chi connectivity index (χ2v) is 11.6. The third-order valence-corrected chi connectivity index (χ3v) is 9.05. The fraction of sp³-hybridized carbons (Fsp3) is 0.652. The minimum Gasteiger partial charge on any atom is -0.354 e. The Hall–Kier alpha value is -2.19. The standard InChI is InChI=1S/C23H33N7O2S/c1-25-18-13-20(14-18)30-16-17(15-24)21-3-4-22(26-23(21)30)28-11-9-27(10-12-28)19-5-7-29(8-6-19)33(2,31)32/h3-4,16,18-20,25H,5-14H2,1-2H3/t18-,20-. The summed E-state index contributed by atoms with van der Waals surface area (Å²) in [7, 11) is -1.08. The summed E-state index contributed by atoms with van der Waals surface area (Å²) in [4.78, 5) is 9.87. The zero-order valence-corrected chi connectivity index (χ0v) is 20.3. The van der Waals surface area contributed by atoms with Crippen molar-refractivity contribution in [1.82, 2.24) is 24.1 Å². The zero-order valence-electron chi connectivity index (χ0n) is 19.4. The van der Waals surface area contributed by atoms with Crippen molar-refractivity contribution in [2.45, 2.75) is 43.8 Å². The number of hydrogen-bond acceptors (Lipinski definition) is 7. The maximum absolute atomic E-state index is 11.8. The minimum atomic E-state index is -3.08. The summed E-state index contributed by atoms with van der Waals surface area (Å²) in [6.45, 7) is 4.97. The van der Waals surface area contributed by atoms with Gasteiger partial charge in [-0.25, -0.2) is 17.7 Å². The van der Waals surface area contributed by atoms with E-state index in [1.807, 2.05) is 25.4 Å². The molecular weight excluding hydrogens is 438 g/mol. The fourth-order valence-corrected chi connectivity index (χ4v) is 6.44. The molecule has 1 N–H and O–H groups in total. The van der Waals surface area contributed by atoms with Crippen molar-refractivity contribution >= 4 is 26.9 Å². The van der Waals surface area contributed by atoms with Crippen LogP contribution in [0.5, 0.6) is 0 Å². The first-order valence-corrected chi connectivity index (χ1v) is 13.7. The van der Waals surface area contributed by atoms with Crippen LogP contribution >= 0.6 is 0 Å². The summed E-state index contributed by atoms with van der Waals surface area (Å²) in [5.74, 6) is 0.974. The molecule has 33 heavy (non-hydrogen) atoms. The molecule has 10 heteroatoms. The Balaban J connectivity index is 1.26. The number of piperidine rings is 1. The smallest absolute Gasteiger partial charge is 0.211 e. The third-order valence-electron chi connectivity index (χ3n) is 7.75. The van der Waals surface area contributed by atoms with E-state index in [1.54, 1.807) is 4.31 Å². The van der Waals surface area contributed by atoms with E-state index in [9.17, 15) is 13.7 Å². The normalized spacial score (nSPS) is 25.8. The van der Waals surface area contributed by atoms with E-state index in [-0.39, 0.29) is 0 Å². The van der Waals surface area contributed by atoms with Crippen molar-refractivity contribution in [2.75, 3.05) is 57.5 Å². The molecule has 178 valence electrons. The number of rotatable bonds is 5. The highest BCUT2D eigenvalue weighted by atomic mass is 32.2. The molecule has 9 nitrogen and oxygen atoms in total. The van der Waals surface area contributed by atoms with E-state index in [2.05, 4.69) is 25.8 Å². The summed E-state index contributed by atoms with van der Waals surface area (Å²) in [6, 6.07) is 7.82. The number of nitriles is 1. The Labute approximate surface area is 196 Å². The van der Waals surface area contributed by atoms with Crippen LogP contribution in [-0.2, 0) is 10.0 Å². The molecule has 3 aliphatic rings. The van der Waals surface area contributed by atoms with E-state index in [0.717, 1.165) is 68.7 Å². The first kappa shape index (κ1) is 22.6. The molecule has 1 aliphatic carbocycles. The van der Waals surface area contributed by atoms with Crippen LogP contribution in [0, 0.1) is 11.3 Å². The molecule has 0 amide bonds. The monoisotopic (exact) mass is 471 g/mol. The summed E-state index contributed by atoms with van der Waals surface area (Å²) < 4.78 is 27.4. The highest BCUT2D eigenvalue weighted by molar-refractivity contribution is 7.88. The first-order chi connectivity index (χ1) is 15.9. The van der Waals surface area contributed by atoms with E-state index in [4.69, 9.17) is 4.98 Å². The highest BCUT2D eigenvalue weighted by Gasteiger charge is 2.32. The van der Waals surface area contributed by atoms with Crippen molar-refractivity contribution in [3.05, 3.63) is 23.9 Å². The predicted octanol–water partition coefficient (Wildman–Crippen LogP) is 1.38. The molecule has 0 radical (unpaired) electrons. The Bertz CT molecular complexity index is 1150. The molecule has 0 aromatic carbocycles. The number of hydrogen-bond donors (Lipinski definition) is 1.